The number of aryl methyl sites for hydroxylation is 1. The highest BCUT2D eigenvalue weighted by Gasteiger charge is 2.22. The lowest BCUT2D eigenvalue weighted by molar-refractivity contribution is -0.0379. The standard InChI is InChI=1S/C15H27N3OS/c1-5-14-9-17-15(20-14)12(4)16-8-13-10-18(11(2)3)6-7-19-13/h9,11-13,16H,5-8,10H2,1-4H3. The zero-order chi connectivity index (χ0) is 14.5. The van der Waals surface area contributed by atoms with Gasteiger partial charge in [0, 0.05) is 36.8 Å². The summed E-state index contributed by atoms with van der Waals surface area (Å²) in [4.78, 5) is 8.34. The molecule has 1 N–H and O–H groups in total. The normalized spacial score (nSPS) is 22.4. The summed E-state index contributed by atoms with van der Waals surface area (Å²) in [6.07, 6.45) is 3.36. The van der Waals surface area contributed by atoms with Gasteiger partial charge in [0.1, 0.15) is 5.01 Å². The highest BCUT2D eigenvalue weighted by atomic mass is 32.1. The topological polar surface area (TPSA) is 37.4 Å². The minimum absolute atomic E-state index is 0.291. The molecule has 2 heterocycles. The number of thiazole rings is 1. The van der Waals surface area contributed by atoms with Gasteiger partial charge in [-0.15, -0.1) is 11.3 Å². The number of ether oxygens (including phenoxy) is 1. The minimum Gasteiger partial charge on any atom is -0.374 e. The van der Waals surface area contributed by atoms with Gasteiger partial charge in [-0.2, -0.15) is 0 Å². The number of morpholine rings is 1. The molecule has 114 valence electrons. The maximum atomic E-state index is 5.85. The maximum absolute atomic E-state index is 5.85. The van der Waals surface area contributed by atoms with Gasteiger partial charge in [0.25, 0.3) is 0 Å². The van der Waals surface area contributed by atoms with Crippen molar-refractivity contribution in [2.75, 3.05) is 26.2 Å². The number of rotatable bonds is 6. The molecule has 0 bridgehead atoms. The summed E-state index contributed by atoms with van der Waals surface area (Å²) >= 11 is 1.81. The zero-order valence-electron chi connectivity index (χ0n) is 13.1. The van der Waals surface area contributed by atoms with E-state index >= 15 is 0 Å². The molecule has 1 aliphatic rings. The van der Waals surface area contributed by atoms with Crippen molar-refractivity contribution < 1.29 is 4.74 Å². The first-order chi connectivity index (χ1) is 9.60. The fourth-order valence-electron chi connectivity index (χ4n) is 2.42. The summed E-state index contributed by atoms with van der Waals surface area (Å²) < 4.78 is 5.85. The monoisotopic (exact) mass is 297 g/mol. The van der Waals surface area contributed by atoms with Crippen LogP contribution in [0.25, 0.3) is 0 Å². The molecule has 2 atom stereocenters. The molecule has 20 heavy (non-hydrogen) atoms. The van der Waals surface area contributed by atoms with E-state index < -0.39 is 0 Å². The zero-order valence-corrected chi connectivity index (χ0v) is 13.9. The van der Waals surface area contributed by atoms with Gasteiger partial charge in [0.2, 0.25) is 0 Å². The lowest BCUT2D eigenvalue weighted by Crippen LogP contribution is -2.49. The van der Waals surface area contributed by atoms with Crippen LogP contribution in [-0.4, -0.2) is 48.3 Å². The van der Waals surface area contributed by atoms with Crippen molar-refractivity contribution in [2.24, 2.45) is 0 Å². The van der Waals surface area contributed by atoms with Crippen molar-refractivity contribution in [3.63, 3.8) is 0 Å². The Labute approximate surface area is 126 Å². The smallest absolute Gasteiger partial charge is 0.109 e. The Bertz CT molecular complexity index is 408. The lowest BCUT2D eigenvalue weighted by atomic mass is 10.2. The summed E-state index contributed by atoms with van der Waals surface area (Å²) in [7, 11) is 0. The largest absolute Gasteiger partial charge is 0.374 e. The minimum atomic E-state index is 0.291. The van der Waals surface area contributed by atoms with Crippen LogP contribution in [0, 0.1) is 0 Å². The molecule has 0 radical (unpaired) electrons. The van der Waals surface area contributed by atoms with Crippen molar-refractivity contribution in [2.45, 2.75) is 52.3 Å². The number of nitrogens with one attached hydrogen (secondary N) is 1. The second-order valence-electron chi connectivity index (χ2n) is 5.73. The molecule has 1 aromatic rings. The summed E-state index contributed by atoms with van der Waals surface area (Å²) in [5.41, 5.74) is 0. The first kappa shape index (κ1) is 15.9. The van der Waals surface area contributed by atoms with Crippen LogP contribution in [0.15, 0.2) is 6.20 Å². The molecule has 0 aromatic carbocycles. The second-order valence-corrected chi connectivity index (χ2v) is 6.88. The van der Waals surface area contributed by atoms with Crippen molar-refractivity contribution >= 4 is 11.3 Å². The SMILES string of the molecule is CCc1cnc(C(C)NCC2CN(C(C)C)CCO2)s1. The second kappa shape index (κ2) is 7.50. The Hall–Kier alpha value is -0.490. The third-order valence-corrected chi connectivity index (χ3v) is 5.17. The van der Waals surface area contributed by atoms with Gasteiger partial charge in [0.05, 0.1) is 18.8 Å². The molecule has 4 nitrogen and oxygen atoms in total. The molecular formula is C15H27N3OS. The highest BCUT2D eigenvalue weighted by molar-refractivity contribution is 7.11. The van der Waals surface area contributed by atoms with Crippen LogP contribution in [0.5, 0.6) is 0 Å². The van der Waals surface area contributed by atoms with E-state index in [1.54, 1.807) is 0 Å². The number of hydrogen-bond acceptors (Lipinski definition) is 5. The van der Waals surface area contributed by atoms with Crippen LogP contribution < -0.4 is 5.32 Å². The molecule has 5 heteroatoms. The van der Waals surface area contributed by atoms with Gasteiger partial charge in [0.15, 0.2) is 0 Å². The highest BCUT2D eigenvalue weighted by Crippen LogP contribution is 2.20. The Morgan fingerprint density at radius 3 is 2.95 bits per heavy atom. The fourth-order valence-corrected chi connectivity index (χ4v) is 3.30. The Kier molecular flexibility index (Phi) is 5.96. The molecule has 1 aromatic heterocycles. The number of hydrogen-bond donors (Lipinski definition) is 1. The number of nitrogens with zero attached hydrogens (tertiary/aromatic N) is 2. The molecule has 0 spiro atoms. The fraction of sp³-hybridized carbons (Fsp3) is 0.800. The maximum Gasteiger partial charge on any atom is 0.109 e. The Morgan fingerprint density at radius 2 is 2.30 bits per heavy atom. The van der Waals surface area contributed by atoms with Crippen LogP contribution in [0.3, 0.4) is 0 Å². The van der Waals surface area contributed by atoms with E-state index in [-0.39, 0.29) is 0 Å². The van der Waals surface area contributed by atoms with Gasteiger partial charge < -0.3 is 10.1 Å². The van der Waals surface area contributed by atoms with E-state index in [1.165, 1.54) is 9.88 Å². The lowest BCUT2D eigenvalue weighted by Gasteiger charge is -2.35. The third kappa shape index (κ3) is 4.25. The van der Waals surface area contributed by atoms with E-state index in [4.69, 9.17) is 4.74 Å². The van der Waals surface area contributed by atoms with Crippen molar-refractivity contribution in [3.8, 4) is 0 Å². The van der Waals surface area contributed by atoms with Crippen LogP contribution in [0.1, 0.15) is 43.6 Å². The van der Waals surface area contributed by atoms with Gasteiger partial charge >= 0.3 is 0 Å². The summed E-state index contributed by atoms with van der Waals surface area (Å²) in [6, 6.07) is 0.906. The Morgan fingerprint density at radius 1 is 1.50 bits per heavy atom. The third-order valence-electron chi connectivity index (χ3n) is 3.84. The van der Waals surface area contributed by atoms with Gasteiger partial charge in [-0.1, -0.05) is 6.92 Å². The average molecular weight is 297 g/mol. The quantitative estimate of drug-likeness (QED) is 0.875. The van der Waals surface area contributed by atoms with Crippen LogP contribution in [-0.2, 0) is 11.2 Å². The average Bonchev–Trinajstić information content (AvgIpc) is 2.94. The molecule has 2 unspecified atom stereocenters. The van der Waals surface area contributed by atoms with Gasteiger partial charge in [-0.25, -0.2) is 4.98 Å². The molecule has 1 fully saturated rings. The van der Waals surface area contributed by atoms with Gasteiger partial charge in [-0.3, -0.25) is 4.90 Å². The van der Waals surface area contributed by atoms with Crippen molar-refractivity contribution in [3.05, 3.63) is 16.1 Å². The first-order valence-corrected chi connectivity index (χ1v) is 8.45. The molecular weight excluding hydrogens is 270 g/mol. The predicted molar refractivity (Wildman–Crippen MR) is 84.4 cm³/mol. The summed E-state index contributed by atoms with van der Waals surface area (Å²) in [6.45, 7) is 12.7. The molecule has 0 aliphatic carbocycles. The van der Waals surface area contributed by atoms with Crippen LogP contribution >= 0.6 is 11.3 Å². The molecule has 0 saturated carbocycles. The first-order valence-electron chi connectivity index (χ1n) is 7.63. The predicted octanol–water partition coefficient (Wildman–Crippen LogP) is 2.47. The Balaban J connectivity index is 1.79. The van der Waals surface area contributed by atoms with E-state index in [0.29, 0.717) is 18.2 Å². The van der Waals surface area contributed by atoms with Crippen molar-refractivity contribution in [1.82, 2.24) is 15.2 Å². The van der Waals surface area contributed by atoms with E-state index in [2.05, 4.69) is 42.9 Å². The van der Waals surface area contributed by atoms with Crippen LogP contribution in [0.4, 0.5) is 0 Å². The van der Waals surface area contributed by atoms with E-state index in [1.807, 2.05) is 17.5 Å². The van der Waals surface area contributed by atoms with Crippen molar-refractivity contribution in [1.29, 1.82) is 0 Å². The molecule has 1 saturated heterocycles. The molecule has 1 aliphatic heterocycles. The molecule has 0 amide bonds. The van der Waals surface area contributed by atoms with Gasteiger partial charge in [-0.05, 0) is 27.2 Å². The van der Waals surface area contributed by atoms with E-state index in [9.17, 15) is 0 Å². The summed E-state index contributed by atoms with van der Waals surface area (Å²) in [5, 5.41) is 4.74. The van der Waals surface area contributed by atoms with E-state index in [0.717, 1.165) is 32.7 Å². The summed E-state index contributed by atoms with van der Waals surface area (Å²) in [5.74, 6) is 0. The van der Waals surface area contributed by atoms with Crippen LogP contribution in [0.2, 0.25) is 0 Å². The number of aromatic nitrogens is 1. The molecule has 2 rings (SSSR count).